The summed E-state index contributed by atoms with van der Waals surface area (Å²) in [6, 6.07) is 12.6. The minimum absolute atomic E-state index is 0.0268. The third kappa shape index (κ3) is 5.51. The largest absolute Gasteiger partial charge is 0.507 e. The van der Waals surface area contributed by atoms with E-state index in [1.807, 2.05) is 0 Å². The van der Waals surface area contributed by atoms with E-state index in [0.717, 1.165) is 0 Å². The zero-order chi connectivity index (χ0) is 22.5. The van der Waals surface area contributed by atoms with Gasteiger partial charge in [0.05, 0.1) is 12.1 Å². The summed E-state index contributed by atoms with van der Waals surface area (Å²) in [7, 11) is 0. The second-order valence-electron chi connectivity index (χ2n) is 6.83. The molecule has 0 fully saturated rings. The molecule has 1 aromatic heterocycles. The first-order valence-corrected chi connectivity index (χ1v) is 9.13. The molecule has 2 aromatic carbocycles. The number of ketones is 1. The first-order chi connectivity index (χ1) is 14.7. The second-order valence-corrected chi connectivity index (χ2v) is 6.83. The predicted molar refractivity (Wildman–Crippen MR) is 109 cm³/mol. The number of hydrogen-bond acceptors (Lipinski definition) is 4. The molecule has 3 rings (SSSR count). The number of carbonyl (C=O) groups excluding carboxylic acids is 1. The zero-order valence-corrected chi connectivity index (χ0v) is 16.1. The van der Waals surface area contributed by atoms with E-state index < -0.39 is 34.7 Å². The summed E-state index contributed by atoms with van der Waals surface area (Å²) >= 11 is 0. The SMILES string of the molecule is O=C(O)C(=O)/C=C(\O)c1cc(Cc2ccc(F)cc2)cn(Cc2cccc(F)c2)c1=O. The number of pyridine rings is 1. The van der Waals surface area contributed by atoms with Crippen molar-refractivity contribution in [1.29, 1.82) is 0 Å². The number of nitrogens with zero attached hydrogens (tertiary/aromatic N) is 1. The lowest BCUT2D eigenvalue weighted by Crippen LogP contribution is -2.25. The van der Waals surface area contributed by atoms with Gasteiger partial charge < -0.3 is 14.8 Å². The van der Waals surface area contributed by atoms with E-state index in [9.17, 15) is 28.3 Å². The highest BCUT2D eigenvalue weighted by molar-refractivity contribution is 6.38. The Hall–Kier alpha value is -4.07. The van der Waals surface area contributed by atoms with Crippen molar-refractivity contribution in [3.63, 3.8) is 0 Å². The van der Waals surface area contributed by atoms with E-state index in [4.69, 9.17) is 5.11 Å². The molecule has 0 atom stereocenters. The quantitative estimate of drug-likeness (QED) is 0.344. The van der Waals surface area contributed by atoms with Crippen LogP contribution in [0, 0.1) is 11.6 Å². The van der Waals surface area contributed by atoms with Crippen molar-refractivity contribution in [1.82, 2.24) is 4.57 Å². The maximum atomic E-state index is 13.5. The summed E-state index contributed by atoms with van der Waals surface area (Å²) in [5.41, 5.74) is 0.746. The summed E-state index contributed by atoms with van der Waals surface area (Å²) in [5.74, 6) is -4.87. The van der Waals surface area contributed by atoms with E-state index in [1.165, 1.54) is 47.2 Å². The van der Waals surface area contributed by atoms with Crippen LogP contribution in [-0.2, 0) is 22.6 Å². The molecule has 0 aliphatic heterocycles. The monoisotopic (exact) mass is 425 g/mol. The number of carboxylic acid groups (broad SMARTS) is 1. The van der Waals surface area contributed by atoms with Gasteiger partial charge in [0.25, 0.3) is 11.3 Å². The van der Waals surface area contributed by atoms with Gasteiger partial charge >= 0.3 is 5.97 Å². The summed E-state index contributed by atoms with van der Waals surface area (Å²) in [6.07, 6.45) is 2.22. The van der Waals surface area contributed by atoms with Crippen LogP contribution in [0.1, 0.15) is 22.3 Å². The van der Waals surface area contributed by atoms with Crippen molar-refractivity contribution in [3.8, 4) is 0 Å². The average molecular weight is 425 g/mol. The Bertz CT molecular complexity index is 1230. The maximum Gasteiger partial charge on any atom is 0.376 e. The summed E-state index contributed by atoms with van der Waals surface area (Å²) in [6.45, 7) is -0.0268. The Morgan fingerprint density at radius 3 is 2.26 bits per heavy atom. The highest BCUT2D eigenvalue weighted by Gasteiger charge is 2.16. The molecule has 158 valence electrons. The fourth-order valence-electron chi connectivity index (χ4n) is 3.03. The van der Waals surface area contributed by atoms with Gasteiger partial charge in [0.1, 0.15) is 17.4 Å². The highest BCUT2D eigenvalue weighted by atomic mass is 19.1. The first-order valence-electron chi connectivity index (χ1n) is 9.13. The van der Waals surface area contributed by atoms with Crippen LogP contribution in [-0.4, -0.2) is 26.5 Å². The van der Waals surface area contributed by atoms with Crippen molar-refractivity contribution >= 4 is 17.5 Å². The normalized spacial score (nSPS) is 11.4. The average Bonchev–Trinajstić information content (AvgIpc) is 2.71. The molecule has 0 aliphatic carbocycles. The Morgan fingerprint density at radius 2 is 1.61 bits per heavy atom. The minimum Gasteiger partial charge on any atom is -0.507 e. The smallest absolute Gasteiger partial charge is 0.376 e. The minimum atomic E-state index is -1.78. The molecule has 0 saturated carbocycles. The molecular weight excluding hydrogens is 408 g/mol. The number of carbonyl (C=O) groups is 2. The number of rotatable bonds is 7. The van der Waals surface area contributed by atoms with Gasteiger partial charge in [0, 0.05) is 12.3 Å². The van der Waals surface area contributed by atoms with Crippen molar-refractivity contribution in [3.05, 3.63) is 111 Å². The molecule has 0 spiro atoms. The fourth-order valence-corrected chi connectivity index (χ4v) is 3.03. The molecule has 0 amide bonds. The fraction of sp³-hybridized carbons (Fsp3) is 0.0870. The van der Waals surface area contributed by atoms with Gasteiger partial charge in [0.15, 0.2) is 0 Å². The van der Waals surface area contributed by atoms with E-state index in [2.05, 4.69) is 0 Å². The number of hydrogen-bond donors (Lipinski definition) is 2. The number of aromatic nitrogens is 1. The molecule has 0 radical (unpaired) electrons. The first kappa shape index (κ1) is 21.6. The van der Waals surface area contributed by atoms with Gasteiger partial charge in [-0.05, 0) is 53.4 Å². The zero-order valence-electron chi connectivity index (χ0n) is 16.1. The van der Waals surface area contributed by atoms with Crippen LogP contribution >= 0.6 is 0 Å². The lowest BCUT2D eigenvalue weighted by Gasteiger charge is -2.12. The van der Waals surface area contributed by atoms with Crippen molar-refractivity contribution in [2.24, 2.45) is 0 Å². The number of benzene rings is 2. The van der Waals surface area contributed by atoms with Gasteiger partial charge in [-0.25, -0.2) is 13.6 Å². The Labute approximate surface area is 175 Å². The number of aliphatic hydroxyl groups is 1. The molecule has 0 saturated heterocycles. The highest BCUT2D eigenvalue weighted by Crippen LogP contribution is 2.15. The van der Waals surface area contributed by atoms with Crippen molar-refractivity contribution in [2.45, 2.75) is 13.0 Å². The standard InChI is InChI=1S/C23H17F2NO5/c24-17-6-4-14(5-7-17)8-16-10-19(20(27)11-21(28)23(30)31)22(29)26(13-16)12-15-2-1-3-18(25)9-15/h1-7,9-11,13,27H,8,12H2,(H,30,31)/b20-11-. The Morgan fingerprint density at radius 1 is 0.903 bits per heavy atom. The Kier molecular flexibility index (Phi) is 6.40. The number of aliphatic carboxylic acids is 1. The molecule has 0 unspecified atom stereocenters. The molecule has 1 heterocycles. The van der Waals surface area contributed by atoms with Crippen LogP contribution in [0.25, 0.3) is 5.76 Å². The van der Waals surface area contributed by atoms with Crippen LogP contribution < -0.4 is 5.56 Å². The van der Waals surface area contributed by atoms with Gasteiger partial charge in [-0.15, -0.1) is 0 Å². The molecule has 2 N–H and O–H groups in total. The van der Waals surface area contributed by atoms with Crippen LogP contribution in [0.15, 0.2) is 71.7 Å². The maximum absolute atomic E-state index is 13.5. The molecule has 0 bridgehead atoms. The number of aliphatic hydroxyl groups excluding tert-OH is 1. The summed E-state index contributed by atoms with van der Waals surface area (Å²) < 4.78 is 27.9. The summed E-state index contributed by atoms with van der Waals surface area (Å²) in [4.78, 5) is 35.1. The summed E-state index contributed by atoms with van der Waals surface area (Å²) in [5, 5.41) is 19.0. The van der Waals surface area contributed by atoms with E-state index in [0.29, 0.717) is 22.8 Å². The van der Waals surface area contributed by atoms with Crippen molar-refractivity contribution < 1.29 is 28.6 Å². The van der Waals surface area contributed by atoms with E-state index in [1.54, 1.807) is 18.2 Å². The molecule has 3 aromatic rings. The number of halogens is 2. The molecule has 31 heavy (non-hydrogen) atoms. The van der Waals surface area contributed by atoms with Crippen LogP contribution in [0.2, 0.25) is 0 Å². The third-order valence-electron chi connectivity index (χ3n) is 4.46. The van der Waals surface area contributed by atoms with Gasteiger partial charge in [-0.3, -0.25) is 9.59 Å². The molecule has 8 heteroatoms. The van der Waals surface area contributed by atoms with Gasteiger partial charge in [-0.2, -0.15) is 0 Å². The molecule has 0 aliphatic rings. The predicted octanol–water partition coefficient (Wildman–Crippen LogP) is 3.32. The lowest BCUT2D eigenvalue weighted by atomic mass is 10.0. The van der Waals surface area contributed by atoms with Crippen LogP contribution in [0.3, 0.4) is 0 Å². The Balaban J connectivity index is 2.07. The molecular formula is C23H17F2NO5. The van der Waals surface area contributed by atoms with E-state index >= 15 is 0 Å². The van der Waals surface area contributed by atoms with Crippen LogP contribution in [0.5, 0.6) is 0 Å². The van der Waals surface area contributed by atoms with Gasteiger partial charge in [-0.1, -0.05) is 24.3 Å². The van der Waals surface area contributed by atoms with Crippen LogP contribution in [0.4, 0.5) is 8.78 Å². The lowest BCUT2D eigenvalue weighted by molar-refractivity contribution is -0.146. The topological polar surface area (TPSA) is 96.6 Å². The third-order valence-corrected chi connectivity index (χ3v) is 4.46. The second kappa shape index (κ2) is 9.17. The van der Waals surface area contributed by atoms with E-state index in [-0.39, 0.29) is 18.5 Å². The number of carboxylic acids is 1. The van der Waals surface area contributed by atoms with Gasteiger partial charge in [0.2, 0.25) is 0 Å². The molecule has 6 nitrogen and oxygen atoms in total. The van der Waals surface area contributed by atoms with Crippen molar-refractivity contribution in [2.75, 3.05) is 0 Å².